The summed E-state index contributed by atoms with van der Waals surface area (Å²) in [4.78, 5) is 25.6. The number of carbonyl (C=O) groups is 2. The minimum absolute atomic E-state index is 0.0916. The van der Waals surface area contributed by atoms with E-state index in [1.54, 1.807) is 42.6 Å². The highest BCUT2D eigenvalue weighted by Crippen LogP contribution is 2.33. The van der Waals surface area contributed by atoms with Crippen molar-refractivity contribution in [2.75, 3.05) is 12.4 Å². The average molecular weight is 328 g/mol. The van der Waals surface area contributed by atoms with E-state index in [0.717, 1.165) is 24.8 Å². The van der Waals surface area contributed by atoms with Crippen LogP contribution in [-0.2, 0) is 12.8 Å². The van der Waals surface area contributed by atoms with Gasteiger partial charge in [0.1, 0.15) is 0 Å². The molecule has 0 saturated carbocycles. The summed E-state index contributed by atoms with van der Waals surface area (Å²) in [5.74, 6) is 0.440. The van der Waals surface area contributed by atoms with Crippen molar-refractivity contribution in [2.45, 2.75) is 26.2 Å². The van der Waals surface area contributed by atoms with E-state index in [2.05, 4.69) is 17.6 Å². The van der Waals surface area contributed by atoms with Gasteiger partial charge >= 0.3 is 0 Å². The summed E-state index contributed by atoms with van der Waals surface area (Å²) in [7, 11) is 1.59. The van der Waals surface area contributed by atoms with Crippen molar-refractivity contribution >= 4 is 28.8 Å². The molecular weight excluding hydrogens is 308 g/mol. The summed E-state index contributed by atoms with van der Waals surface area (Å²) in [6.07, 6.45) is 3.18. The highest BCUT2D eigenvalue weighted by Gasteiger charge is 2.23. The maximum atomic E-state index is 12.6. The lowest BCUT2D eigenvalue weighted by Crippen LogP contribution is -2.19. The van der Waals surface area contributed by atoms with Crippen LogP contribution in [0.5, 0.6) is 0 Å². The second-order valence-corrected chi connectivity index (χ2v) is 6.98. The Hall–Kier alpha value is -2.14. The van der Waals surface area contributed by atoms with Crippen molar-refractivity contribution in [3.05, 3.63) is 51.2 Å². The standard InChI is InChI=1S/C18H20N2O2S/c1-11-6-7-14-15(10-23-16(14)8-11)18(22)20-13-5-3-4-12(9-13)17(21)19-2/h3-5,9-11H,6-8H2,1-2H3,(H,19,21)(H,20,22). The molecule has 0 radical (unpaired) electrons. The van der Waals surface area contributed by atoms with Crippen LogP contribution in [0.25, 0.3) is 0 Å². The van der Waals surface area contributed by atoms with Crippen LogP contribution >= 0.6 is 11.3 Å². The molecule has 1 heterocycles. The molecule has 0 fully saturated rings. The SMILES string of the molecule is CNC(=O)c1cccc(NC(=O)c2csc3c2CCC(C)C3)c1. The number of rotatable bonds is 3. The second-order valence-electron chi connectivity index (χ2n) is 6.01. The van der Waals surface area contributed by atoms with Gasteiger partial charge in [0, 0.05) is 28.6 Å². The summed E-state index contributed by atoms with van der Waals surface area (Å²) in [6, 6.07) is 6.98. The van der Waals surface area contributed by atoms with Crippen LogP contribution < -0.4 is 10.6 Å². The number of thiophene rings is 1. The van der Waals surface area contributed by atoms with Crippen molar-refractivity contribution in [1.29, 1.82) is 0 Å². The third-order valence-corrected chi connectivity index (χ3v) is 5.31. The summed E-state index contributed by atoms with van der Waals surface area (Å²) < 4.78 is 0. The number of fused-ring (bicyclic) bond motifs is 1. The van der Waals surface area contributed by atoms with Gasteiger partial charge in [-0.15, -0.1) is 11.3 Å². The lowest BCUT2D eigenvalue weighted by Gasteiger charge is -2.18. The fraction of sp³-hybridized carbons (Fsp3) is 0.333. The number of carbonyl (C=O) groups excluding carboxylic acids is 2. The fourth-order valence-corrected chi connectivity index (χ4v) is 4.19. The molecule has 1 atom stereocenters. The molecule has 5 heteroatoms. The molecule has 2 aromatic rings. The van der Waals surface area contributed by atoms with Gasteiger partial charge in [-0.25, -0.2) is 0 Å². The Morgan fingerprint density at radius 1 is 1.26 bits per heavy atom. The highest BCUT2D eigenvalue weighted by atomic mass is 32.1. The zero-order valence-corrected chi connectivity index (χ0v) is 14.1. The van der Waals surface area contributed by atoms with E-state index >= 15 is 0 Å². The first-order chi connectivity index (χ1) is 11.1. The molecule has 2 N–H and O–H groups in total. The van der Waals surface area contributed by atoms with Gasteiger partial charge in [-0.2, -0.15) is 0 Å². The molecule has 0 saturated heterocycles. The number of hydrogen-bond donors (Lipinski definition) is 2. The molecule has 23 heavy (non-hydrogen) atoms. The van der Waals surface area contributed by atoms with E-state index < -0.39 is 0 Å². The molecule has 1 aromatic heterocycles. The highest BCUT2D eigenvalue weighted by molar-refractivity contribution is 7.10. The molecule has 1 aromatic carbocycles. The zero-order valence-electron chi connectivity index (χ0n) is 13.3. The Labute approximate surface area is 139 Å². The minimum Gasteiger partial charge on any atom is -0.355 e. The smallest absolute Gasteiger partial charge is 0.256 e. The molecule has 1 aliphatic carbocycles. The molecule has 4 nitrogen and oxygen atoms in total. The van der Waals surface area contributed by atoms with Crippen molar-refractivity contribution in [3.63, 3.8) is 0 Å². The Balaban J connectivity index is 1.79. The normalized spacial score (nSPS) is 16.5. The largest absolute Gasteiger partial charge is 0.355 e. The monoisotopic (exact) mass is 328 g/mol. The summed E-state index contributed by atoms with van der Waals surface area (Å²) >= 11 is 1.68. The van der Waals surface area contributed by atoms with Crippen LogP contribution in [0.2, 0.25) is 0 Å². The van der Waals surface area contributed by atoms with Gasteiger partial charge in [-0.1, -0.05) is 13.0 Å². The molecule has 2 amide bonds. The van der Waals surface area contributed by atoms with Gasteiger partial charge in [0.25, 0.3) is 11.8 Å². The summed E-state index contributed by atoms with van der Waals surface area (Å²) in [5, 5.41) is 7.46. The fourth-order valence-electron chi connectivity index (χ4n) is 2.95. The molecule has 0 bridgehead atoms. The predicted octanol–water partition coefficient (Wildman–Crippen LogP) is 3.48. The molecule has 3 rings (SSSR count). The van der Waals surface area contributed by atoms with Crippen LogP contribution in [0.3, 0.4) is 0 Å². The summed E-state index contributed by atoms with van der Waals surface area (Å²) in [5.41, 5.74) is 3.15. The van der Waals surface area contributed by atoms with E-state index in [0.29, 0.717) is 17.2 Å². The first-order valence-electron chi connectivity index (χ1n) is 7.81. The first kappa shape index (κ1) is 15.7. The quantitative estimate of drug-likeness (QED) is 0.906. The number of amides is 2. The molecule has 1 unspecified atom stereocenters. The third kappa shape index (κ3) is 3.29. The molecule has 1 aliphatic rings. The van der Waals surface area contributed by atoms with E-state index in [9.17, 15) is 9.59 Å². The van der Waals surface area contributed by atoms with Crippen molar-refractivity contribution in [3.8, 4) is 0 Å². The van der Waals surface area contributed by atoms with Crippen LogP contribution in [0.1, 0.15) is 44.5 Å². The number of hydrogen-bond acceptors (Lipinski definition) is 3. The zero-order chi connectivity index (χ0) is 16.4. The molecular formula is C18H20N2O2S. The van der Waals surface area contributed by atoms with E-state index in [1.165, 1.54) is 10.4 Å². The molecule has 120 valence electrons. The van der Waals surface area contributed by atoms with Crippen molar-refractivity contribution < 1.29 is 9.59 Å². The Morgan fingerprint density at radius 3 is 2.87 bits per heavy atom. The lowest BCUT2D eigenvalue weighted by atomic mass is 9.88. The molecule has 0 spiro atoms. The van der Waals surface area contributed by atoms with Gasteiger partial charge in [-0.3, -0.25) is 9.59 Å². The van der Waals surface area contributed by atoms with Crippen LogP contribution in [0.4, 0.5) is 5.69 Å². The van der Waals surface area contributed by atoms with Crippen LogP contribution in [-0.4, -0.2) is 18.9 Å². The Kier molecular flexibility index (Phi) is 4.48. The van der Waals surface area contributed by atoms with Crippen LogP contribution in [0, 0.1) is 5.92 Å². The minimum atomic E-state index is -0.164. The van der Waals surface area contributed by atoms with Gasteiger partial charge in [0.05, 0.1) is 5.56 Å². The number of nitrogens with one attached hydrogen (secondary N) is 2. The Bertz CT molecular complexity index is 751. The number of benzene rings is 1. The molecule has 0 aliphatic heterocycles. The van der Waals surface area contributed by atoms with E-state index in [4.69, 9.17) is 0 Å². The van der Waals surface area contributed by atoms with Gasteiger partial charge in [-0.05, 0) is 48.9 Å². The van der Waals surface area contributed by atoms with Crippen molar-refractivity contribution in [2.24, 2.45) is 5.92 Å². The Morgan fingerprint density at radius 2 is 2.09 bits per heavy atom. The lowest BCUT2D eigenvalue weighted by molar-refractivity contribution is 0.0961. The second kappa shape index (κ2) is 6.54. The topological polar surface area (TPSA) is 58.2 Å². The van der Waals surface area contributed by atoms with E-state index in [1.807, 2.05) is 5.38 Å². The maximum absolute atomic E-state index is 12.6. The van der Waals surface area contributed by atoms with Gasteiger partial charge < -0.3 is 10.6 Å². The first-order valence-corrected chi connectivity index (χ1v) is 8.69. The maximum Gasteiger partial charge on any atom is 0.256 e. The van der Waals surface area contributed by atoms with Crippen molar-refractivity contribution in [1.82, 2.24) is 5.32 Å². The number of anilines is 1. The van der Waals surface area contributed by atoms with Crippen LogP contribution in [0.15, 0.2) is 29.6 Å². The van der Waals surface area contributed by atoms with E-state index in [-0.39, 0.29) is 11.8 Å². The summed E-state index contributed by atoms with van der Waals surface area (Å²) in [6.45, 7) is 2.26. The van der Waals surface area contributed by atoms with Gasteiger partial charge in [0.2, 0.25) is 0 Å². The van der Waals surface area contributed by atoms with Gasteiger partial charge in [0.15, 0.2) is 0 Å². The third-order valence-electron chi connectivity index (χ3n) is 4.26. The average Bonchev–Trinajstić information content (AvgIpc) is 2.97. The predicted molar refractivity (Wildman–Crippen MR) is 93.3 cm³/mol.